The smallest absolute Gasteiger partial charge is 0.255 e. The van der Waals surface area contributed by atoms with Crippen molar-refractivity contribution in [2.75, 3.05) is 42.6 Å². The van der Waals surface area contributed by atoms with Crippen LogP contribution in [0.4, 0.5) is 5.13 Å². The Kier molecular flexibility index (Phi) is 8.30. The minimum Gasteiger partial charge on any atom is -0.467 e. The van der Waals surface area contributed by atoms with Gasteiger partial charge in [-0.1, -0.05) is 42.2 Å². The summed E-state index contributed by atoms with van der Waals surface area (Å²) in [4.78, 5) is 30.2. The van der Waals surface area contributed by atoms with Gasteiger partial charge >= 0.3 is 0 Å². The molecule has 0 atom stereocenters. The monoisotopic (exact) mass is 503 g/mol. The highest BCUT2D eigenvalue weighted by Crippen LogP contribution is 2.29. The highest BCUT2D eigenvalue weighted by molar-refractivity contribution is 8.01. The van der Waals surface area contributed by atoms with Crippen LogP contribution in [-0.4, -0.2) is 64.6 Å². The molecule has 1 saturated heterocycles. The second-order valence-corrected chi connectivity index (χ2v) is 10.7. The topological polar surface area (TPSA) is 91.6 Å². The first kappa shape index (κ1) is 23.7. The Morgan fingerprint density at radius 2 is 1.91 bits per heavy atom. The van der Waals surface area contributed by atoms with E-state index in [1.54, 1.807) is 24.1 Å². The van der Waals surface area contributed by atoms with Crippen LogP contribution in [-0.2, 0) is 11.3 Å². The molecule has 1 aliphatic heterocycles. The van der Waals surface area contributed by atoms with E-state index in [1.165, 1.54) is 23.1 Å². The summed E-state index contributed by atoms with van der Waals surface area (Å²) in [5.74, 6) is 1.92. The molecule has 11 heteroatoms. The molecule has 1 aliphatic rings. The number of thioether (sulfide) groups is 2. The van der Waals surface area contributed by atoms with Crippen LogP contribution in [0.3, 0.4) is 0 Å². The fourth-order valence-corrected chi connectivity index (χ4v) is 5.88. The third-order valence-corrected chi connectivity index (χ3v) is 8.09. The van der Waals surface area contributed by atoms with Crippen molar-refractivity contribution in [2.45, 2.75) is 22.7 Å². The summed E-state index contributed by atoms with van der Waals surface area (Å²) in [6.45, 7) is 5.16. The second kappa shape index (κ2) is 11.6. The Bertz CT molecular complexity index is 1060. The molecule has 0 spiro atoms. The lowest BCUT2D eigenvalue weighted by Gasteiger charge is -2.34. The lowest BCUT2D eigenvalue weighted by molar-refractivity contribution is -0.118. The van der Waals surface area contributed by atoms with E-state index in [0.717, 1.165) is 31.4 Å². The number of carbonyl (C=O) groups is 2. The van der Waals surface area contributed by atoms with E-state index >= 15 is 0 Å². The first-order valence-electron chi connectivity index (χ1n) is 10.7. The van der Waals surface area contributed by atoms with Crippen molar-refractivity contribution in [2.24, 2.45) is 0 Å². The van der Waals surface area contributed by atoms with Crippen LogP contribution < -0.4 is 10.2 Å². The number of hydrogen-bond acceptors (Lipinski definition) is 9. The maximum atomic E-state index is 13.0. The van der Waals surface area contributed by atoms with Gasteiger partial charge in [0.25, 0.3) is 5.91 Å². The molecule has 2 aromatic heterocycles. The van der Waals surface area contributed by atoms with Crippen molar-refractivity contribution < 1.29 is 14.0 Å². The van der Waals surface area contributed by atoms with Crippen LogP contribution in [0.25, 0.3) is 0 Å². The average molecular weight is 504 g/mol. The summed E-state index contributed by atoms with van der Waals surface area (Å²) in [6, 6.07) is 11.4. The SMILES string of the molecule is CCSc1ccccc1C(=O)N1CCN(c2nnc(SCC(=O)NCc3ccco3)s2)CC1. The van der Waals surface area contributed by atoms with E-state index in [1.807, 2.05) is 35.2 Å². The number of aromatic nitrogens is 2. The minimum absolute atomic E-state index is 0.0817. The molecule has 1 fully saturated rings. The highest BCUT2D eigenvalue weighted by Gasteiger charge is 2.25. The Balaban J connectivity index is 1.25. The third-order valence-electron chi connectivity index (χ3n) is 5.02. The predicted octanol–water partition coefficient (Wildman–Crippen LogP) is 3.61. The minimum atomic E-state index is -0.0817. The number of nitrogens with one attached hydrogen (secondary N) is 1. The summed E-state index contributed by atoms with van der Waals surface area (Å²) in [5, 5.41) is 12.1. The van der Waals surface area contributed by atoms with Gasteiger partial charge in [0.2, 0.25) is 11.0 Å². The molecule has 33 heavy (non-hydrogen) atoms. The summed E-state index contributed by atoms with van der Waals surface area (Å²) < 4.78 is 5.96. The number of rotatable bonds is 9. The standard InChI is InChI=1S/C22H25N5O3S3/c1-2-31-18-8-4-3-7-17(18)20(29)26-9-11-27(12-10-26)21-24-25-22(33-21)32-15-19(28)23-14-16-6-5-13-30-16/h3-8,13H,2,9-12,14-15H2,1H3,(H,23,28). The van der Waals surface area contributed by atoms with Crippen LogP contribution in [0, 0.1) is 0 Å². The first-order valence-corrected chi connectivity index (χ1v) is 13.4. The van der Waals surface area contributed by atoms with Crippen molar-refractivity contribution in [3.05, 3.63) is 54.0 Å². The molecule has 174 valence electrons. The fraction of sp³-hybridized carbons (Fsp3) is 0.364. The zero-order valence-corrected chi connectivity index (χ0v) is 20.7. The molecule has 4 rings (SSSR count). The molecular formula is C22H25N5O3S3. The molecule has 3 aromatic rings. The molecule has 1 N–H and O–H groups in total. The number of benzene rings is 1. The molecule has 0 bridgehead atoms. The van der Waals surface area contributed by atoms with Crippen molar-refractivity contribution in [1.29, 1.82) is 0 Å². The molecule has 0 saturated carbocycles. The molecular weight excluding hydrogens is 478 g/mol. The number of hydrogen-bond donors (Lipinski definition) is 1. The fourth-order valence-electron chi connectivity index (χ4n) is 3.36. The van der Waals surface area contributed by atoms with Crippen molar-refractivity contribution in [3.63, 3.8) is 0 Å². The summed E-state index contributed by atoms with van der Waals surface area (Å²) >= 11 is 4.54. The van der Waals surface area contributed by atoms with E-state index in [2.05, 4.69) is 27.3 Å². The second-order valence-electron chi connectivity index (χ2n) is 7.20. The van der Waals surface area contributed by atoms with Gasteiger partial charge in [0.05, 0.1) is 24.1 Å². The van der Waals surface area contributed by atoms with E-state index in [-0.39, 0.29) is 17.6 Å². The van der Waals surface area contributed by atoms with Crippen LogP contribution in [0.2, 0.25) is 0 Å². The highest BCUT2D eigenvalue weighted by atomic mass is 32.2. The number of anilines is 1. The molecule has 1 aromatic carbocycles. The van der Waals surface area contributed by atoms with Crippen LogP contribution in [0.5, 0.6) is 0 Å². The van der Waals surface area contributed by atoms with Gasteiger partial charge in [-0.05, 0) is 30.0 Å². The number of furan rings is 1. The molecule has 0 aliphatic carbocycles. The molecule has 0 radical (unpaired) electrons. The molecule has 8 nitrogen and oxygen atoms in total. The van der Waals surface area contributed by atoms with Gasteiger partial charge in [0.15, 0.2) is 4.34 Å². The maximum Gasteiger partial charge on any atom is 0.255 e. The Hall–Kier alpha value is -2.50. The van der Waals surface area contributed by atoms with Crippen molar-refractivity contribution in [3.8, 4) is 0 Å². The van der Waals surface area contributed by atoms with Gasteiger partial charge in [-0.3, -0.25) is 9.59 Å². The zero-order valence-electron chi connectivity index (χ0n) is 18.2. The molecule has 2 amide bonds. The summed E-state index contributed by atoms with van der Waals surface area (Å²) in [5.41, 5.74) is 0.776. The van der Waals surface area contributed by atoms with E-state index in [9.17, 15) is 9.59 Å². The van der Waals surface area contributed by atoms with Gasteiger partial charge in [-0.25, -0.2) is 0 Å². The van der Waals surface area contributed by atoms with Crippen molar-refractivity contribution >= 4 is 51.8 Å². The van der Waals surface area contributed by atoms with Crippen LogP contribution in [0.1, 0.15) is 23.0 Å². The predicted molar refractivity (Wildman–Crippen MR) is 132 cm³/mol. The molecule has 3 heterocycles. The Labute approximate surface area is 205 Å². The number of piperazine rings is 1. The van der Waals surface area contributed by atoms with Gasteiger partial charge in [-0.2, -0.15) is 0 Å². The average Bonchev–Trinajstić information content (AvgIpc) is 3.54. The quantitative estimate of drug-likeness (QED) is 0.443. The van der Waals surface area contributed by atoms with Gasteiger partial charge < -0.3 is 19.5 Å². The third kappa shape index (κ3) is 6.30. The van der Waals surface area contributed by atoms with E-state index < -0.39 is 0 Å². The Morgan fingerprint density at radius 3 is 2.67 bits per heavy atom. The molecule has 0 unspecified atom stereocenters. The van der Waals surface area contributed by atoms with Crippen LogP contribution >= 0.6 is 34.9 Å². The number of carbonyl (C=O) groups excluding carboxylic acids is 2. The Morgan fingerprint density at radius 1 is 1.09 bits per heavy atom. The lowest BCUT2D eigenvalue weighted by atomic mass is 10.2. The zero-order chi connectivity index (χ0) is 23.0. The van der Waals surface area contributed by atoms with E-state index in [0.29, 0.717) is 32.7 Å². The largest absolute Gasteiger partial charge is 0.467 e. The summed E-state index contributed by atoms with van der Waals surface area (Å²) in [7, 11) is 0. The first-order chi connectivity index (χ1) is 16.1. The number of nitrogens with zero attached hydrogens (tertiary/aromatic N) is 4. The maximum absolute atomic E-state index is 13.0. The van der Waals surface area contributed by atoms with Gasteiger partial charge in [0.1, 0.15) is 5.76 Å². The normalized spacial score (nSPS) is 13.8. The van der Waals surface area contributed by atoms with E-state index in [4.69, 9.17) is 4.42 Å². The lowest BCUT2D eigenvalue weighted by Crippen LogP contribution is -2.48. The van der Waals surface area contributed by atoms with Gasteiger partial charge in [0, 0.05) is 31.1 Å². The summed E-state index contributed by atoms with van der Waals surface area (Å²) in [6.07, 6.45) is 1.58. The number of amides is 2. The van der Waals surface area contributed by atoms with Crippen LogP contribution in [0.15, 0.2) is 56.3 Å². The van der Waals surface area contributed by atoms with Crippen molar-refractivity contribution in [1.82, 2.24) is 20.4 Å². The van der Waals surface area contributed by atoms with Gasteiger partial charge in [-0.15, -0.1) is 22.0 Å².